The fourth-order valence-corrected chi connectivity index (χ4v) is 4.35. The van der Waals surface area contributed by atoms with Crippen molar-refractivity contribution in [3.05, 3.63) is 23.3 Å². The lowest BCUT2D eigenvalue weighted by molar-refractivity contribution is 0.488. The summed E-state index contributed by atoms with van der Waals surface area (Å²) < 4.78 is 27.9. The summed E-state index contributed by atoms with van der Waals surface area (Å²) in [6.45, 7) is 9.83. The number of sulfonamides is 1. The number of nitrogens with two attached hydrogens (primary N) is 1. The molecule has 21 heavy (non-hydrogen) atoms. The molecular formula is C16H28N2O2S. The summed E-state index contributed by atoms with van der Waals surface area (Å²) in [5, 5.41) is 0. The van der Waals surface area contributed by atoms with E-state index in [-0.39, 0.29) is 6.04 Å². The maximum Gasteiger partial charge on any atom is 0.241 e. The molecule has 3 N–H and O–H groups in total. The van der Waals surface area contributed by atoms with E-state index in [1.165, 1.54) is 0 Å². The molecular weight excluding hydrogens is 284 g/mol. The average Bonchev–Trinajstić information content (AvgIpc) is 2.24. The monoisotopic (exact) mass is 312 g/mol. The molecule has 1 rings (SSSR count). The van der Waals surface area contributed by atoms with Crippen molar-refractivity contribution in [2.24, 2.45) is 5.92 Å². The predicted octanol–water partition coefficient (Wildman–Crippen LogP) is 3.38. The molecule has 1 atom stereocenters. The van der Waals surface area contributed by atoms with Crippen molar-refractivity contribution in [1.29, 1.82) is 0 Å². The fourth-order valence-electron chi connectivity index (χ4n) is 2.62. The van der Waals surface area contributed by atoms with Gasteiger partial charge >= 0.3 is 0 Å². The number of nitrogens with one attached hydrogen (secondary N) is 1. The third-order valence-electron chi connectivity index (χ3n) is 3.53. The van der Waals surface area contributed by atoms with Gasteiger partial charge in [-0.1, -0.05) is 26.7 Å². The normalized spacial score (nSPS) is 13.6. The summed E-state index contributed by atoms with van der Waals surface area (Å²) in [6.07, 6.45) is 3.00. The Labute approximate surface area is 129 Å². The molecule has 1 aromatic carbocycles. The van der Waals surface area contributed by atoms with Gasteiger partial charge in [-0.15, -0.1) is 0 Å². The lowest BCUT2D eigenvalue weighted by Gasteiger charge is -2.17. The highest BCUT2D eigenvalue weighted by Crippen LogP contribution is 2.23. The van der Waals surface area contributed by atoms with Gasteiger partial charge < -0.3 is 5.73 Å². The zero-order chi connectivity index (χ0) is 16.2. The second-order valence-corrected chi connectivity index (χ2v) is 7.98. The summed E-state index contributed by atoms with van der Waals surface area (Å²) in [5.41, 5.74) is 7.72. The molecule has 5 heteroatoms. The van der Waals surface area contributed by atoms with Crippen LogP contribution in [0.4, 0.5) is 5.69 Å². The molecule has 0 aromatic heterocycles. The largest absolute Gasteiger partial charge is 0.399 e. The Morgan fingerprint density at radius 3 is 2.10 bits per heavy atom. The van der Waals surface area contributed by atoms with Gasteiger partial charge in [-0.05, 0) is 56.4 Å². The average molecular weight is 312 g/mol. The lowest BCUT2D eigenvalue weighted by Crippen LogP contribution is -2.33. The third kappa shape index (κ3) is 5.32. The number of hydrogen-bond donors (Lipinski definition) is 2. The van der Waals surface area contributed by atoms with Gasteiger partial charge in [-0.2, -0.15) is 0 Å². The molecule has 0 aliphatic carbocycles. The van der Waals surface area contributed by atoms with E-state index in [0.29, 0.717) is 27.6 Å². The van der Waals surface area contributed by atoms with E-state index in [9.17, 15) is 8.42 Å². The second kappa shape index (κ2) is 7.27. The molecule has 0 saturated carbocycles. The molecule has 0 radical (unpaired) electrons. The second-order valence-electron chi connectivity index (χ2n) is 6.33. The number of hydrogen-bond acceptors (Lipinski definition) is 3. The maximum atomic E-state index is 12.5. The van der Waals surface area contributed by atoms with Crippen LogP contribution < -0.4 is 10.5 Å². The molecule has 0 aliphatic rings. The van der Waals surface area contributed by atoms with Crippen LogP contribution in [0.5, 0.6) is 0 Å². The van der Waals surface area contributed by atoms with E-state index in [4.69, 9.17) is 5.73 Å². The van der Waals surface area contributed by atoms with Crippen molar-refractivity contribution in [3.63, 3.8) is 0 Å². The van der Waals surface area contributed by atoms with Crippen molar-refractivity contribution < 1.29 is 8.42 Å². The van der Waals surface area contributed by atoms with E-state index in [1.54, 1.807) is 26.0 Å². The van der Waals surface area contributed by atoms with E-state index in [0.717, 1.165) is 19.3 Å². The SMILES string of the molecule is Cc1cc(N)cc(C)c1S(=O)(=O)NC(C)CCCC(C)C. The van der Waals surface area contributed by atoms with Crippen LogP contribution in [0.25, 0.3) is 0 Å². The molecule has 4 nitrogen and oxygen atoms in total. The van der Waals surface area contributed by atoms with Crippen LogP contribution in [0, 0.1) is 19.8 Å². The van der Waals surface area contributed by atoms with Gasteiger partial charge in [-0.25, -0.2) is 13.1 Å². The Balaban J connectivity index is 2.83. The molecule has 1 aromatic rings. The van der Waals surface area contributed by atoms with Crippen molar-refractivity contribution in [2.45, 2.75) is 64.8 Å². The van der Waals surface area contributed by atoms with E-state index < -0.39 is 10.0 Å². The van der Waals surface area contributed by atoms with E-state index in [2.05, 4.69) is 18.6 Å². The number of benzene rings is 1. The Bertz CT molecular complexity index is 557. The van der Waals surface area contributed by atoms with Crippen LogP contribution in [0.3, 0.4) is 0 Å². The Morgan fingerprint density at radius 1 is 1.10 bits per heavy atom. The fraction of sp³-hybridized carbons (Fsp3) is 0.625. The van der Waals surface area contributed by atoms with Crippen molar-refractivity contribution in [1.82, 2.24) is 4.72 Å². The lowest BCUT2D eigenvalue weighted by atomic mass is 10.0. The predicted molar refractivity (Wildman–Crippen MR) is 88.8 cm³/mol. The van der Waals surface area contributed by atoms with Gasteiger partial charge in [0.1, 0.15) is 0 Å². The van der Waals surface area contributed by atoms with Crippen LogP contribution >= 0.6 is 0 Å². The van der Waals surface area contributed by atoms with Crippen LogP contribution in [-0.4, -0.2) is 14.5 Å². The molecule has 0 amide bonds. The first-order valence-electron chi connectivity index (χ1n) is 7.52. The summed E-state index contributed by atoms with van der Waals surface area (Å²) in [5.74, 6) is 0.649. The number of rotatable bonds is 7. The van der Waals surface area contributed by atoms with Crippen molar-refractivity contribution in [2.75, 3.05) is 5.73 Å². The van der Waals surface area contributed by atoms with Gasteiger partial charge in [-0.3, -0.25) is 0 Å². The van der Waals surface area contributed by atoms with Crippen LogP contribution in [-0.2, 0) is 10.0 Å². The summed E-state index contributed by atoms with van der Waals surface area (Å²) in [6, 6.07) is 3.33. The molecule has 0 bridgehead atoms. The van der Waals surface area contributed by atoms with Crippen molar-refractivity contribution >= 4 is 15.7 Å². The van der Waals surface area contributed by atoms with Gasteiger partial charge in [0.15, 0.2) is 0 Å². The first-order valence-corrected chi connectivity index (χ1v) is 9.01. The topological polar surface area (TPSA) is 72.2 Å². The molecule has 0 saturated heterocycles. The Hall–Kier alpha value is -1.07. The molecule has 120 valence electrons. The van der Waals surface area contributed by atoms with Gasteiger partial charge in [0, 0.05) is 11.7 Å². The molecule has 0 spiro atoms. The Morgan fingerprint density at radius 2 is 1.62 bits per heavy atom. The van der Waals surface area contributed by atoms with Crippen LogP contribution in [0.15, 0.2) is 17.0 Å². The van der Waals surface area contributed by atoms with Crippen molar-refractivity contribution in [3.8, 4) is 0 Å². The molecule has 0 fully saturated rings. The maximum absolute atomic E-state index is 12.5. The van der Waals surface area contributed by atoms with E-state index in [1.807, 2.05) is 6.92 Å². The highest BCUT2D eigenvalue weighted by Gasteiger charge is 2.21. The number of anilines is 1. The minimum atomic E-state index is -3.49. The number of aryl methyl sites for hydroxylation is 2. The molecule has 0 aliphatic heterocycles. The van der Waals surface area contributed by atoms with E-state index >= 15 is 0 Å². The molecule has 0 heterocycles. The smallest absolute Gasteiger partial charge is 0.241 e. The van der Waals surface area contributed by atoms with Gasteiger partial charge in [0.25, 0.3) is 0 Å². The van der Waals surface area contributed by atoms with Gasteiger partial charge in [0.05, 0.1) is 4.90 Å². The highest BCUT2D eigenvalue weighted by atomic mass is 32.2. The molecule has 1 unspecified atom stereocenters. The number of nitrogen functional groups attached to an aromatic ring is 1. The standard InChI is InChI=1S/C16H28N2O2S/c1-11(2)7-6-8-14(5)18-21(19,20)16-12(3)9-15(17)10-13(16)4/h9-11,14,18H,6-8,17H2,1-5H3. The van der Waals surface area contributed by atoms with Gasteiger partial charge in [0.2, 0.25) is 10.0 Å². The van der Waals surface area contributed by atoms with Crippen LogP contribution in [0.2, 0.25) is 0 Å². The minimum absolute atomic E-state index is 0.0647. The Kier molecular flexibility index (Phi) is 6.23. The zero-order valence-electron chi connectivity index (χ0n) is 13.7. The summed E-state index contributed by atoms with van der Waals surface area (Å²) >= 11 is 0. The minimum Gasteiger partial charge on any atom is -0.399 e. The van der Waals surface area contributed by atoms with Crippen LogP contribution in [0.1, 0.15) is 51.2 Å². The zero-order valence-corrected chi connectivity index (χ0v) is 14.5. The first-order chi connectivity index (χ1) is 9.63. The summed E-state index contributed by atoms with van der Waals surface area (Å²) in [4.78, 5) is 0.354. The first kappa shape index (κ1) is 18.0. The summed E-state index contributed by atoms with van der Waals surface area (Å²) in [7, 11) is -3.49. The quantitative estimate of drug-likeness (QED) is 0.758. The highest BCUT2D eigenvalue weighted by molar-refractivity contribution is 7.89. The third-order valence-corrected chi connectivity index (χ3v) is 5.42.